The van der Waals surface area contributed by atoms with Gasteiger partial charge >= 0.3 is 0 Å². The number of hydrogen-bond acceptors (Lipinski definition) is 3. The molecule has 4 saturated carbocycles. The van der Waals surface area contributed by atoms with Gasteiger partial charge in [0.2, 0.25) is 0 Å². The third-order valence-corrected chi connectivity index (χ3v) is 6.77. The van der Waals surface area contributed by atoms with Gasteiger partial charge in [-0.2, -0.15) is 0 Å². The van der Waals surface area contributed by atoms with Crippen LogP contribution in [0.2, 0.25) is 5.02 Å². The molecule has 0 aliphatic heterocycles. The van der Waals surface area contributed by atoms with Crippen molar-refractivity contribution < 1.29 is 4.92 Å². The molecule has 0 spiro atoms. The van der Waals surface area contributed by atoms with Gasteiger partial charge in [-0.15, -0.1) is 0 Å². The van der Waals surface area contributed by atoms with E-state index >= 15 is 0 Å². The maximum Gasteiger partial charge on any atom is 0.293 e. The van der Waals surface area contributed by atoms with Crippen LogP contribution in [-0.4, -0.2) is 11.0 Å². The van der Waals surface area contributed by atoms with Gasteiger partial charge in [0.25, 0.3) is 5.69 Å². The van der Waals surface area contributed by atoms with E-state index in [1.807, 2.05) is 0 Å². The lowest BCUT2D eigenvalue weighted by Crippen LogP contribution is -2.52. The van der Waals surface area contributed by atoms with E-state index in [-0.39, 0.29) is 16.7 Å². The maximum atomic E-state index is 11.3. The highest BCUT2D eigenvalue weighted by atomic mass is 35.5. The second-order valence-corrected chi connectivity index (χ2v) is 8.50. The van der Waals surface area contributed by atoms with Gasteiger partial charge in [0.1, 0.15) is 5.69 Å². The fourth-order valence-electron chi connectivity index (χ4n) is 5.87. The van der Waals surface area contributed by atoms with E-state index in [0.717, 1.165) is 17.8 Å². The molecule has 0 aromatic heterocycles. The summed E-state index contributed by atoms with van der Waals surface area (Å²) in [5, 5.41) is 15.2. The molecule has 1 unspecified atom stereocenters. The Bertz CT molecular complexity index is 611. The summed E-state index contributed by atoms with van der Waals surface area (Å²) in [4.78, 5) is 11.0. The molecule has 1 N–H and O–H groups in total. The number of benzene rings is 1. The zero-order chi connectivity index (χ0) is 16.2. The lowest BCUT2D eigenvalue weighted by molar-refractivity contribution is -0.384. The minimum absolute atomic E-state index is 0.0779. The predicted molar refractivity (Wildman–Crippen MR) is 91.8 cm³/mol. The van der Waals surface area contributed by atoms with Crippen LogP contribution in [0.25, 0.3) is 0 Å². The Balaban J connectivity index is 1.59. The molecule has 1 atom stereocenters. The molecule has 4 aliphatic carbocycles. The Morgan fingerprint density at radius 2 is 1.78 bits per heavy atom. The van der Waals surface area contributed by atoms with Gasteiger partial charge in [-0.05, 0) is 80.8 Å². The second-order valence-electron chi connectivity index (χ2n) is 8.06. The highest BCUT2D eigenvalue weighted by Gasteiger charge is 2.53. The van der Waals surface area contributed by atoms with Gasteiger partial charge in [0.15, 0.2) is 0 Å². The molecular formula is C18H23ClN2O2. The number of rotatable bonds is 4. The minimum atomic E-state index is -0.347. The number of halogens is 1. The van der Waals surface area contributed by atoms with Crippen molar-refractivity contribution in [3.63, 3.8) is 0 Å². The van der Waals surface area contributed by atoms with Crippen molar-refractivity contribution in [1.29, 1.82) is 0 Å². The summed E-state index contributed by atoms with van der Waals surface area (Å²) in [6.07, 6.45) is 8.09. The number of nitrogens with zero attached hydrogens (tertiary/aromatic N) is 1. The van der Waals surface area contributed by atoms with Crippen LogP contribution in [0.4, 0.5) is 11.4 Å². The van der Waals surface area contributed by atoms with Crippen LogP contribution in [-0.2, 0) is 0 Å². The molecule has 124 valence electrons. The van der Waals surface area contributed by atoms with Gasteiger partial charge in [-0.1, -0.05) is 11.6 Å². The van der Waals surface area contributed by atoms with Crippen LogP contribution in [0.5, 0.6) is 0 Å². The molecular weight excluding hydrogens is 312 g/mol. The van der Waals surface area contributed by atoms with Crippen molar-refractivity contribution in [2.75, 3.05) is 5.32 Å². The number of nitro benzene ring substituents is 1. The minimum Gasteiger partial charge on any atom is -0.376 e. The monoisotopic (exact) mass is 334 g/mol. The largest absolute Gasteiger partial charge is 0.376 e. The van der Waals surface area contributed by atoms with Crippen molar-refractivity contribution in [2.45, 2.75) is 51.5 Å². The van der Waals surface area contributed by atoms with Crippen LogP contribution >= 0.6 is 11.6 Å². The molecule has 4 fully saturated rings. The van der Waals surface area contributed by atoms with E-state index in [9.17, 15) is 10.1 Å². The molecule has 0 radical (unpaired) electrons. The zero-order valence-corrected chi connectivity index (χ0v) is 14.2. The lowest BCUT2D eigenvalue weighted by atomic mass is 9.48. The number of anilines is 1. The van der Waals surface area contributed by atoms with Crippen LogP contribution in [0.15, 0.2) is 18.2 Å². The third kappa shape index (κ3) is 2.61. The van der Waals surface area contributed by atoms with Crippen LogP contribution in [0.1, 0.15) is 45.4 Å². The fourth-order valence-corrected chi connectivity index (χ4v) is 6.04. The van der Waals surface area contributed by atoms with E-state index in [1.165, 1.54) is 44.6 Å². The molecule has 5 heteroatoms. The highest BCUT2D eigenvalue weighted by Crippen LogP contribution is 2.61. The van der Waals surface area contributed by atoms with Gasteiger partial charge in [0.05, 0.1) is 4.92 Å². The first-order valence-electron chi connectivity index (χ1n) is 8.66. The Hall–Kier alpha value is -1.29. The van der Waals surface area contributed by atoms with Crippen molar-refractivity contribution >= 4 is 23.0 Å². The van der Waals surface area contributed by atoms with E-state index < -0.39 is 0 Å². The molecule has 4 aliphatic rings. The van der Waals surface area contributed by atoms with Crippen LogP contribution in [0, 0.1) is 33.3 Å². The highest BCUT2D eigenvalue weighted by molar-refractivity contribution is 6.30. The van der Waals surface area contributed by atoms with Crippen LogP contribution in [0.3, 0.4) is 0 Å². The zero-order valence-electron chi connectivity index (χ0n) is 13.4. The van der Waals surface area contributed by atoms with Crippen LogP contribution < -0.4 is 5.32 Å². The van der Waals surface area contributed by atoms with Crippen molar-refractivity contribution in [2.24, 2.45) is 23.2 Å². The third-order valence-electron chi connectivity index (χ3n) is 6.53. The molecule has 1 aromatic rings. The first kappa shape index (κ1) is 15.3. The molecule has 1 aromatic carbocycles. The average Bonchev–Trinajstić information content (AvgIpc) is 2.47. The standard InChI is InChI=1S/C18H23ClN2O2/c1-11(20-16-3-2-15(19)7-17(16)21(22)23)18-8-12-4-13(9-18)6-14(5-12)10-18/h2-3,7,11-14,20H,4-6,8-10H2,1H3. The molecule has 0 amide bonds. The number of hydrogen-bond donors (Lipinski definition) is 1. The fraction of sp³-hybridized carbons (Fsp3) is 0.667. The topological polar surface area (TPSA) is 55.2 Å². The van der Waals surface area contributed by atoms with Gasteiger partial charge in [0, 0.05) is 17.1 Å². The summed E-state index contributed by atoms with van der Waals surface area (Å²) in [5.41, 5.74) is 0.999. The normalized spacial score (nSPS) is 36.0. The summed E-state index contributed by atoms with van der Waals surface area (Å²) >= 11 is 5.92. The molecule has 0 heterocycles. The summed E-state index contributed by atoms with van der Waals surface area (Å²) < 4.78 is 0. The first-order valence-corrected chi connectivity index (χ1v) is 9.03. The summed E-state index contributed by atoms with van der Waals surface area (Å²) in [6.45, 7) is 2.21. The Labute approximate surface area is 141 Å². The number of nitrogens with one attached hydrogen (secondary N) is 1. The van der Waals surface area contributed by atoms with Gasteiger partial charge in [-0.25, -0.2) is 0 Å². The molecule has 23 heavy (non-hydrogen) atoms. The van der Waals surface area contributed by atoms with E-state index in [4.69, 9.17) is 11.6 Å². The Kier molecular flexibility index (Phi) is 3.56. The summed E-state index contributed by atoms with van der Waals surface area (Å²) in [7, 11) is 0. The lowest BCUT2D eigenvalue weighted by Gasteiger charge is -2.59. The smallest absolute Gasteiger partial charge is 0.293 e. The summed E-state index contributed by atoms with van der Waals surface area (Å²) in [6, 6.07) is 5.17. The van der Waals surface area contributed by atoms with Crippen molar-refractivity contribution in [3.8, 4) is 0 Å². The quantitative estimate of drug-likeness (QED) is 0.603. The Morgan fingerprint density at radius 1 is 1.22 bits per heavy atom. The molecule has 4 nitrogen and oxygen atoms in total. The molecule has 4 bridgehead atoms. The van der Waals surface area contributed by atoms with Gasteiger partial charge in [-0.3, -0.25) is 10.1 Å². The average molecular weight is 335 g/mol. The van der Waals surface area contributed by atoms with Gasteiger partial charge < -0.3 is 5.32 Å². The molecule has 0 saturated heterocycles. The first-order chi connectivity index (χ1) is 10.9. The van der Waals surface area contributed by atoms with Crippen molar-refractivity contribution in [1.82, 2.24) is 0 Å². The number of nitro groups is 1. The molecule has 5 rings (SSSR count). The summed E-state index contributed by atoms with van der Waals surface area (Å²) in [5.74, 6) is 2.64. The maximum absolute atomic E-state index is 11.3. The van der Waals surface area contributed by atoms with E-state index in [0.29, 0.717) is 16.1 Å². The predicted octanol–water partition coefficient (Wildman–Crippen LogP) is 5.27. The van der Waals surface area contributed by atoms with Crippen molar-refractivity contribution in [3.05, 3.63) is 33.3 Å². The van der Waals surface area contributed by atoms with E-state index in [1.54, 1.807) is 12.1 Å². The SMILES string of the molecule is CC(Nc1ccc(Cl)cc1[N+](=O)[O-])C12CC3CC(CC(C3)C1)C2. The second kappa shape index (κ2) is 5.37. The Morgan fingerprint density at radius 3 is 2.30 bits per heavy atom. The van der Waals surface area contributed by atoms with E-state index in [2.05, 4.69) is 12.2 Å².